The average Bonchev–Trinajstić information content (AvgIpc) is 2.52. The van der Waals surface area contributed by atoms with Gasteiger partial charge in [-0.25, -0.2) is 14.8 Å². The summed E-state index contributed by atoms with van der Waals surface area (Å²) in [6, 6.07) is 0.166. The molecule has 2 aliphatic heterocycles. The van der Waals surface area contributed by atoms with Crippen molar-refractivity contribution in [3.8, 4) is 6.01 Å². The highest BCUT2D eigenvalue weighted by molar-refractivity contribution is 5.74. The van der Waals surface area contributed by atoms with Gasteiger partial charge in [0.25, 0.3) is 0 Å². The molecule has 130 valence electrons. The highest BCUT2D eigenvalue weighted by Crippen LogP contribution is 2.33. The van der Waals surface area contributed by atoms with Crippen molar-refractivity contribution in [2.45, 2.75) is 44.9 Å². The number of fused-ring (bicyclic) bond motifs is 2. The molecule has 2 unspecified atom stereocenters. The first kappa shape index (κ1) is 16.7. The molecule has 0 aromatic carbocycles. The van der Waals surface area contributed by atoms with Gasteiger partial charge in [0, 0.05) is 18.0 Å². The topological polar surface area (TPSA) is 73.8 Å². The van der Waals surface area contributed by atoms with Crippen molar-refractivity contribution in [3.05, 3.63) is 24.0 Å². The minimum Gasteiger partial charge on any atom is -0.467 e. The summed E-state index contributed by atoms with van der Waals surface area (Å²) in [5, 5.41) is 0. The Bertz CT molecular complexity index is 636. The van der Waals surface area contributed by atoms with Gasteiger partial charge in [-0.2, -0.15) is 0 Å². The van der Waals surface area contributed by atoms with Gasteiger partial charge in [-0.1, -0.05) is 6.08 Å². The number of methoxy groups -OCH3 is 1. The smallest absolute Gasteiger partial charge is 0.411 e. The van der Waals surface area contributed by atoms with Crippen LogP contribution in [0.15, 0.2) is 18.5 Å². The Hall–Kier alpha value is -2.15. The van der Waals surface area contributed by atoms with Crippen LogP contribution in [0, 0.1) is 0 Å². The monoisotopic (exact) mass is 333 g/mol. The van der Waals surface area contributed by atoms with Gasteiger partial charge in [0.15, 0.2) is 0 Å². The third-order valence-corrected chi connectivity index (χ3v) is 3.98. The number of morpholine rings is 1. The molecular formula is C17H23N3O4. The van der Waals surface area contributed by atoms with Crippen molar-refractivity contribution < 1.29 is 19.0 Å². The van der Waals surface area contributed by atoms with Crippen LogP contribution in [0.2, 0.25) is 0 Å². The Balaban J connectivity index is 1.82. The van der Waals surface area contributed by atoms with E-state index in [0.717, 1.165) is 11.1 Å². The molecule has 7 heteroatoms. The number of carbonyl (C=O) groups is 1. The van der Waals surface area contributed by atoms with Gasteiger partial charge in [0.1, 0.15) is 5.60 Å². The zero-order valence-corrected chi connectivity index (χ0v) is 14.5. The van der Waals surface area contributed by atoms with Crippen LogP contribution in [-0.2, 0) is 9.47 Å². The van der Waals surface area contributed by atoms with Crippen LogP contribution < -0.4 is 4.74 Å². The van der Waals surface area contributed by atoms with Crippen LogP contribution in [-0.4, -0.2) is 59.0 Å². The lowest BCUT2D eigenvalue weighted by Crippen LogP contribution is -2.57. The predicted octanol–water partition coefficient (Wildman–Crippen LogP) is 2.28. The Morgan fingerprint density at radius 3 is 2.58 bits per heavy atom. The van der Waals surface area contributed by atoms with Gasteiger partial charge in [-0.3, -0.25) is 4.90 Å². The minimum atomic E-state index is -0.514. The van der Waals surface area contributed by atoms with Gasteiger partial charge in [0.2, 0.25) is 0 Å². The first-order valence-corrected chi connectivity index (χ1v) is 8.03. The average molecular weight is 333 g/mol. The van der Waals surface area contributed by atoms with Gasteiger partial charge < -0.3 is 14.2 Å². The summed E-state index contributed by atoms with van der Waals surface area (Å²) < 4.78 is 16.2. The lowest BCUT2D eigenvalue weighted by Gasteiger charge is -2.44. The summed E-state index contributed by atoms with van der Waals surface area (Å²) >= 11 is 0. The number of aromatic nitrogens is 2. The van der Waals surface area contributed by atoms with Crippen molar-refractivity contribution in [2.75, 3.05) is 20.3 Å². The van der Waals surface area contributed by atoms with E-state index in [2.05, 4.69) is 9.97 Å². The summed E-state index contributed by atoms with van der Waals surface area (Å²) in [6.45, 7) is 6.59. The summed E-state index contributed by atoms with van der Waals surface area (Å²) in [4.78, 5) is 22.6. The van der Waals surface area contributed by atoms with Crippen molar-refractivity contribution in [1.29, 1.82) is 0 Å². The zero-order valence-electron chi connectivity index (χ0n) is 14.5. The molecule has 2 atom stereocenters. The third kappa shape index (κ3) is 3.51. The molecule has 0 radical (unpaired) electrons. The number of carbonyl (C=O) groups excluding carboxylic acids is 1. The molecule has 1 aromatic rings. The molecule has 3 rings (SSSR count). The summed E-state index contributed by atoms with van der Waals surface area (Å²) in [5.74, 6) is 0. The first-order chi connectivity index (χ1) is 11.4. The fourth-order valence-electron chi connectivity index (χ4n) is 3.00. The van der Waals surface area contributed by atoms with E-state index in [4.69, 9.17) is 14.2 Å². The molecular weight excluding hydrogens is 310 g/mol. The Kier molecular flexibility index (Phi) is 4.45. The van der Waals surface area contributed by atoms with E-state index in [9.17, 15) is 4.79 Å². The third-order valence-electron chi connectivity index (χ3n) is 3.98. The summed E-state index contributed by atoms with van der Waals surface area (Å²) in [7, 11) is 1.54. The van der Waals surface area contributed by atoms with Crippen LogP contribution >= 0.6 is 0 Å². The molecule has 2 bridgehead atoms. The Morgan fingerprint density at radius 1 is 1.29 bits per heavy atom. The van der Waals surface area contributed by atoms with Crippen molar-refractivity contribution >= 4 is 11.7 Å². The maximum atomic E-state index is 12.5. The van der Waals surface area contributed by atoms with E-state index < -0.39 is 5.60 Å². The second-order valence-corrected chi connectivity index (χ2v) is 7.00. The van der Waals surface area contributed by atoms with Crippen molar-refractivity contribution in [3.63, 3.8) is 0 Å². The molecule has 1 saturated heterocycles. The molecule has 1 amide bonds. The summed E-state index contributed by atoms with van der Waals surface area (Å²) in [6.07, 6.45) is 5.94. The van der Waals surface area contributed by atoms with Gasteiger partial charge in [-0.15, -0.1) is 0 Å². The number of hydrogen-bond acceptors (Lipinski definition) is 6. The number of amides is 1. The van der Waals surface area contributed by atoms with Crippen LogP contribution in [0.3, 0.4) is 0 Å². The molecule has 1 aromatic heterocycles. The zero-order chi connectivity index (χ0) is 17.3. The number of ether oxygens (including phenoxy) is 3. The van der Waals surface area contributed by atoms with Crippen molar-refractivity contribution in [1.82, 2.24) is 14.9 Å². The molecule has 24 heavy (non-hydrogen) atoms. The van der Waals surface area contributed by atoms with E-state index >= 15 is 0 Å². The van der Waals surface area contributed by atoms with E-state index in [-0.39, 0.29) is 18.2 Å². The SMILES string of the molecule is COc1ncc(C2=CC3COCC(C2)N3C(=O)OC(C)(C)C)cn1. The maximum absolute atomic E-state index is 12.5. The second-order valence-electron chi connectivity index (χ2n) is 7.00. The molecule has 0 spiro atoms. The van der Waals surface area contributed by atoms with Crippen molar-refractivity contribution in [2.24, 2.45) is 0 Å². The quantitative estimate of drug-likeness (QED) is 0.827. The number of nitrogens with zero attached hydrogens (tertiary/aromatic N) is 3. The number of hydrogen-bond donors (Lipinski definition) is 0. The van der Waals surface area contributed by atoms with E-state index in [0.29, 0.717) is 25.6 Å². The Labute approximate surface area is 141 Å². The van der Waals surface area contributed by atoms with Crippen LogP contribution in [0.5, 0.6) is 6.01 Å². The highest BCUT2D eigenvalue weighted by Gasteiger charge is 2.40. The van der Waals surface area contributed by atoms with Crippen LogP contribution in [0.1, 0.15) is 32.8 Å². The van der Waals surface area contributed by atoms with Gasteiger partial charge >= 0.3 is 12.1 Å². The maximum Gasteiger partial charge on any atom is 0.411 e. The van der Waals surface area contributed by atoms with Crippen LogP contribution in [0.4, 0.5) is 4.79 Å². The highest BCUT2D eigenvalue weighted by atomic mass is 16.6. The molecule has 0 aliphatic carbocycles. The molecule has 0 N–H and O–H groups in total. The minimum absolute atomic E-state index is 0.0410. The van der Waals surface area contributed by atoms with Crippen LogP contribution in [0.25, 0.3) is 5.57 Å². The lowest BCUT2D eigenvalue weighted by molar-refractivity contribution is -0.0510. The second kappa shape index (κ2) is 6.39. The largest absolute Gasteiger partial charge is 0.467 e. The van der Waals surface area contributed by atoms with Gasteiger partial charge in [0.05, 0.1) is 32.4 Å². The Morgan fingerprint density at radius 2 is 2.00 bits per heavy atom. The lowest BCUT2D eigenvalue weighted by atomic mass is 9.91. The van der Waals surface area contributed by atoms with Gasteiger partial charge in [-0.05, 0) is 32.8 Å². The predicted molar refractivity (Wildman–Crippen MR) is 87.6 cm³/mol. The molecule has 3 heterocycles. The fraction of sp³-hybridized carbons (Fsp3) is 0.588. The number of rotatable bonds is 2. The van der Waals surface area contributed by atoms with E-state index in [1.54, 1.807) is 17.3 Å². The van der Waals surface area contributed by atoms with E-state index in [1.807, 2.05) is 26.8 Å². The molecule has 7 nitrogen and oxygen atoms in total. The molecule has 2 aliphatic rings. The standard InChI is InChI=1S/C17H23N3O4/c1-17(2,3)24-16(21)20-13-5-11(6-14(20)10-23-9-13)12-7-18-15(22-4)19-8-12/h5,7-8,13-14H,6,9-10H2,1-4H3. The summed E-state index contributed by atoms with van der Waals surface area (Å²) in [5.41, 5.74) is 1.55. The normalized spacial score (nSPS) is 23.5. The van der Waals surface area contributed by atoms with E-state index in [1.165, 1.54) is 7.11 Å². The first-order valence-electron chi connectivity index (χ1n) is 8.03. The molecule has 1 fully saturated rings. The fourth-order valence-corrected chi connectivity index (χ4v) is 3.00. The molecule has 0 saturated carbocycles.